The van der Waals surface area contributed by atoms with E-state index in [9.17, 15) is 4.79 Å². The summed E-state index contributed by atoms with van der Waals surface area (Å²) in [7, 11) is 1.52. The minimum absolute atomic E-state index is 0.162. The first-order chi connectivity index (χ1) is 11.1. The summed E-state index contributed by atoms with van der Waals surface area (Å²) in [5.41, 5.74) is 1.52. The van der Waals surface area contributed by atoms with E-state index in [1.54, 1.807) is 48.5 Å². The second-order valence-electron chi connectivity index (χ2n) is 4.73. The summed E-state index contributed by atoms with van der Waals surface area (Å²) in [5, 5.41) is 1.11. The van der Waals surface area contributed by atoms with Gasteiger partial charge in [-0.05, 0) is 42.0 Å². The molecule has 0 atom stereocenters. The van der Waals surface area contributed by atoms with E-state index in [0.29, 0.717) is 21.4 Å². The number of cyclic esters (lactones) is 1. The number of nitrogens with zero attached hydrogens (tertiary/aromatic N) is 1. The molecule has 0 N–H and O–H groups in total. The third-order valence-electron chi connectivity index (χ3n) is 3.19. The van der Waals surface area contributed by atoms with Gasteiger partial charge in [0.15, 0.2) is 5.70 Å². The number of benzene rings is 2. The van der Waals surface area contributed by atoms with Crippen LogP contribution in [0.4, 0.5) is 0 Å². The molecular weight excluding hydrogens is 337 g/mol. The van der Waals surface area contributed by atoms with Gasteiger partial charge in [0.25, 0.3) is 0 Å². The Kier molecular flexibility index (Phi) is 4.37. The van der Waals surface area contributed by atoms with Crippen LogP contribution in [0.25, 0.3) is 6.08 Å². The second-order valence-corrected chi connectivity index (χ2v) is 5.61. The Labute approximate surface area is 143 Å². The first-order valence-electron chi connectivity index (χ1n) is 6.69. The Hall–Kier alpha value is -2.30. The lowest BCUT2D eigenvalue weighted by molar-refractivity contribution is -0.129. The molecular formula is C17H11Cl2NO3. The number of rotatable bonds is 3. The van der Waals surface area contributed by atoms with Crippen molar-refractivity contribution in [2.24, 2.45) is 4.99 Å². The second kappa shape index (κ2) is 6.44. The van der Waals surface area contributed by atoms with Gasteiger partial charge in [-0.1, -0.05) is 35.3 Å². The van der Waals surface area contributed by atoms with E-state index in [2.05, 4.69) is 4.99 Å². The summed E-state index contributed by atoms with van der Waals surface area (Å²) >= 11 is 11.8. The van der Waals surface area contributed by atoms with Gasteiger partial charge in [0, 0.05) is 10.0 Å². The van der Waals surface area contributed by atoms with Gasteiger partial charge in [0.1, 0.15) is 5.75 Å². The van der Waals surface area contributed by atoms with Crippen LogP contribution < -0.4 is 4.74 Å². The highest BCUT2D eigenvalue weighted by atomic mass is 35.5. The Morgan fingerprint density at radius 3 is 2.48 bits per heavy atom. The first-order valence-corrected chi connectivity index (χ1v) is 7.44. The fourth-order valence-corrected chi connectivity index (χ4v) is 2.39. The van der Waals surface area contributed by atoms with Gasteiger partial charge in [-0.3, -0.25) is 0 Å². The van der Waals surface area contributed by atoms with Crippen LogP contribution in [0, 0.1) is 0 Å². The average Bonchev–Trinajstić information content (AvgIpc) is 2.90. The number of ether oxygens (including phenoxy) is 2. The maximum Gasteiger partial charge on any atom is 0.363 e. The molecule has 0 aliphatic carbocycles. The van der Waals surface area contributed by atoms with E-state index in [1.807, 2.05) is 0 Å². The van der Waals surface area contributed by atoms with Crippen LogP contribution in [0.15, 0.2) is 53.2 Å². The van der Waals surface area contributed by atoms with Crippen molar-refractivity contribution >= 4 is 41.1 Å². The fraction of sp³-hybridized carbons (Fsp3) is 0.0588. The molecule has 23 heavy (non-hydrogen) atoms. The maximum absolute atomic E-state index is 12.0. The number of esters is 1. The van der Waals surface area contributed by atoms with Crippen molar-refractivity contribution in [3.8, 4) is 5.75 Å². The third kappa shape index (κ3) is 3.38. The molecule has 2 aromatic rings. The number of hydrogen-bond donors (Lipinski definition) is 0. The first kappa shape index (κ1) is 15.6. The maximum atomic E-state index is 12.0. The van der Waals surface area contributed by atoms with Crippen molar-refractivity contribution in [1.29, 1.82) is 0 Å². The topological polar surface area (TPSA) is 47.9 Å². The molecule has 1 aliphatic heterocycles. The van der Waals surface area contributed by atoms with E-state index in [0.717, 1.165) is 5.56 Å². The summed E-state index contributed by atoms with van der Waals surface area (Å²) in [4.78, 5) is 16.3. The molecule has 0 saturated carbocycles. The molecule has 0 radical (unpaired) electrons. The van der Waals surface area contributed by atoms with Crippen LogP contribution in [0.3, 0.4) is 0 Å². The summed E-state index contributed by atoms with van der Waals surface area (Å²) in [6.07, 6.45) is 1.63. The summed E-state index contributed by atoms with van der Waals surface area (Å²) in [6.45, 7) is 0. The molecule has 0 bridgehead atoms. The standard InChI is InChI=1S/C17H11Cl2NO3/c1-22-15-7-6-12(19)9-13(15)16-20-14(17(21)23-16)8-10-2-4-11(18)5-3-10/h2-9H,1H3/b14-8-. The Morgan fingerprint density at radius 1 is 1.09 bits per heavy atom. The predicted molar refractivity (Wildman–Crippen MR) is 90.1 cm³/mol. The molecule has 0 unspecified atom stereocenters. The van der Waals surface area contributed by atoms with Crippen LogP contribution in [0.5, 0.6) is 5.75 Å². The van der Waals surface area contributed by atoms with E-state index in [1.165, 1.54) is 7.11 Å². The van der Waals surface area contributed by atoms with Crippen molar-refractivity contribution in [1.82, 2.24) is 0 Å². The molecule has 3 rings (SSSR count). The molecule has 0 aromatic heterocycles. The van der Waals surface area contributed by atoms with Crippen LogP contribution in [-0.2, 0) is 9.53 Å². The Bertz CT molecular complexity index is 826. The van der Waals surface area contributed by atoms with Gasteiger partial charge >= 0.3 is 5.97 Å². The third-order valence-corrected chi connectivity index (χ3v) is 3.67. The molecule has 0 saturated heterocycles. The van der Waals surface area contributed by atoms with Gasteiger partial charge in [0.05, 0.1) is 12.7 Å². The molecule has 2 aromatic carbocycles. The van der Waals surface area contributed by atoms with E-state index >= 15 is 0 Å². The molecule has 1 heterocycles. The zero-order valence-corrected chi connectivity index (χ0v) is 13.6. The van der Waals surface area contributed by atoms with Crippen molar-refractivity contribution in [3.63, 3.8) is 0 Å². The lowest BCUT2D eigenvalue weighted by Crippen LogP contribution is -2.07. The van der Waals surface area contributed by atoms with E-state index in [4.69, 9.17) is 32.7 Å². The SMILES string of the molecule is COc1ccc(Cl)cc1C1=N/C(=C\c2ccc(Cl)cc2)C(=O)O1. The molecule has 6 heteroatoms. The van der Waals surface area contributed by atoms with Gasteiger partial charge in [-0.15, -0.1) is 0 Å². The van der Waals surface area contributed by atoms with Crippen molar-refractivity contribution in [2.75, 3.05) is 7.11 Å². The highest BCUT2D eigenvalue weighted by Gasteiger charge is 2.26. The van der Waals surface area contributed by atoms with Crippen molar-refractivity contribution < 1.29 is 14.3 Å². The van der Waals surface area contributed by atoms with E-state index in [-0.39, 0.29) is 11.6 Å². The Morgan fingerprint density at radius 2 is 1.78 bits per heavy atom. The summed E-state index contributed by atoms with van der Waals surface area (Å²) in [5.74, 6) is 0.153. The fourth-order valence-electron chi connectivity index (χ4n) is 2.09. The number of carbonyl (C=O) groups is 1. The minimum Gasteiger partial charge on any atom is -0.496 e. The highest BCUT2D eigenvalue weighted by Crippen LogP contribution is 2.27. The zero-order chi connectivity index (χ0) is 16.4. The van der Waals surface area contributed by atoms with Gasteiger partial charge in [0.2, 0.25) is 5.90 Å². The van der Waals surface area contributed by atoms with Gasteiger partial charge < -0.3 is 9.47 Å². The van der Waals surface area contributed by atoms with Gasteiger partial charge in [-0.25, -0.2) is 9.79 Å². The van der Waals surface area contributed by atoms with Crippen molar-refractivity contribution in [3.05, 3.63) is 69.3 Å². The largest absolute Gasteiger partial charge is 0.496 e. The number of methoxy groups -OCH3 is 1. The summed E-state index contributed by atoms with van der Waals surface area (Å²) in [6, 6.07) is 12.1. The van der Waals surface area contributed by atoms with Crippen LogP contribution in [0.1, 0.15) is 11.1 Å². The number of aliphatic imine (C=N–C) groups is 1. The molecule has 0 amide bonds. The minimum atomic E-state index is -0.531. The Balaban J connectivity index is 1.98. The average molecular weight is 348 g/mol. The highest BCUT2D eigenvalue weighted by molar-refractivity contribution is 6.31. The monoisotopic (exact) mass is 347 g/mol. The molecule has 0 spiro atoms. The van der Waals surface area contributed by atoms with Crippen molar-refractivity contribution in [2.45, 2.75) is 0 Å². The number of halogens is 2. The van der Waals surface area contributed by atoms with Crippen LogP contribution in [-0.4, -0.2) is 19.0 Å². The predicted octanol–water partition coefficient (Wildman–Crippen LogP) is 4.35. The van der Waals surface area contributed by atoms with Gasteiger partial charge in [-0.2, -0.15) is 0 Å². The molecule has 116 valence electrons. The summed E-state index contributed by atoms with van der Waals surface area (Å²) < 4.78 is 10.5. The lowest BCUT2D eigenvalue weighted by atomic mass is 10.2. The van der Waals surface area contributed by atoms with E-state index < -0.39 is 5.97 Å². The molecule has 1 aliphatic rings. The zero-order valence-electron chi connectivity index (χ0n) is 12.0. The smallest absolute Gasteiger partial charge is 0.363 e. The molecule has 0 fully saturated rings. The number of carbonyl (C=O) groups excluding carboxylic acids is 1. The molecule has 4 nitrogen and oxygen atoms in total. The van der Waals surface area contributed by atoms with Crippen LogP contribution >= 0.6 is 23.2 Å². The van der Waals surface area contributed by atoms with Crippen LogP contribution in [0.2, 0.25) is 10.0 Å². The normalized spacial score (nSPS) is 15.5. The quantitative estimate of drug-likeness (QED) is 0.612. The lowest BCUT2D eigenvalue weighted by Gasteiger charge is -2.07. The number of hydrogen-bond acceptors (Lipinski definition) is 4.